The van der Waals surface area contributed by atoms with Gasteiger partial charge in [-0.2, -0.15) is 0 Å². The van der Waals surface area contributed by atoms with E-state index in [2.05, 4.69) is 0 Å². The van der Waals surface area contributed by atoms with E-state index in [9.17, 15) is 4.79 Å². The second kappa shape index (κ2) is 6.07. The number of hydrogen-bond donors (Lipinski definition) is 0. The average molecular weight is 188 g/mol. The summed E-state index contributed by atoms with van der Waals surface area (Å²) in [7, 11) is 1.64. The van der Waals surface area contributed by atoms with E-state index in [1.165, 1.54) is 0 Å². The van der Waals surface area contributed by atoms with Crippen LogP contribution in [0.2, 0.25) is 0 Å². The normalized spacial score (nSPS) is 17.5. The Bertz CT molecular complexity index is 150. The zero-order valence-corrected chi connectivity index (χ0v) is 7.95. The van der Waals surface area contributed by atoms with Crippen LogP contribution in [0.15, 0.2) is 0 Å². The van der Waals surface area contributed by atoms with Crippen molar-refractivity contribution in [3.8, 4) is 0 Å². The van der Waals surface area contributed by atoms with Gasteiger partial charge in [-0.25, -0.2) is 0 Å². The maximum atomic E-state index is 10.6. The molecular weight excluding hydrogens is 172 g/mol. The molecule has 1 fully saturated rings. The smallest absolute Gasteiger partial charge is 0.138 e. The molecule has 0 unspecified atom stereocenters. The van der Waals surface area contributed by atoms with Gasteiger partial charge in [0.1, 0.15) is 5.78 Å². The summed E-state index contributed by atoms with van der Waals surface area (Å²) in [5.41, 5.74) is 0. The third kappa shape index (κ3) is 4.36. The lowest BCUT2D eigenvalue weighted by Gasteiger charge is -2.24. The number of Topliss-reactive ketones (excluding diaryl/α,β-unsaturated/α-hetero) is 1. The number of methoxy groups -OCH3 is 1. The Balaban J connectivity index is 1.77. The number of hydrogen-bond acceptors (Lipinski definition) is 4. The molecule has 0 aromatic heterocycles. The van der Waals surface area contributed by atoms with Gasteiger partial charge >= 0.3 is 0 Å². The fourth-order valence-electron chi connectivity index (χ4n) is 1.08. The second-order valence-electron chi connectivity index (χ2n) is 3.04. The summed E-state index contributed by atoms with van der Waals surface area (Å²) in [6.45, 7) is 2.36. The Hall–Kier alpha value is -0.450. The number of ketones is 1. The maximum Gasteiger partial charge on any atom is 0.138 e. The molecule has 1 saturated carbocycles. The minimum Gasteiger partial charge on any atom is -0.382 e. The molecule has 76 valence electrons. The molecule has 13 heavy (non-hydrogen) atoms. The van der Waals surface area contributed by atoms with Crippen LogP contribution in [0.5, 0.6) is 0 Å². The largest absolute Gasteiger partial charge is 0.382 e. The molecular formula is C9H16O4. The zero-order chi connectivity index (χ0) is 9.52. The molecule has 0 N–H and O–H groups in total. The summed E-state index contributed by atoms with van der Waals surface area (Å²) in [6, 6.07) is 0. The molecule has 0 heterocycles. The van der Waals surface area contributed by atoms with E-state index in [0.29, 0.717) is 45.1 Å². The van der Waals surface area contributed by atoms with Crippen molar-refractivity contribution in [2.75, 3.05) is 33.5 Å². The molecule has 1 aliphatic carbocycles. The van der Waals surface area contributed by atoms with Crippen molar-refractivity contribution in [2.24, 2.45) is 0 Å². The average Bonchev–Trinajstić information content (AvgIpc) is 2.07. The lowest BCUT2D eigenvalue weighted by molar-refractivity contribution is -0.135. The minimum absolute atomic E-state index is 0.151. The van der Waals surface area contributed by atoms with E-state index in [1.807, 2.05) is 0 Å². The van der Waals surface area contributed by atoms with Crippen LogP contribution < -0.4 is 0 Å². The number of carbonyl (C=O) groups is 1. The first-order valence-electron chi connectivity index (χ1n) is 4.53. The molecule has 0 saturated heterocycles. The van der Waals surface area contributed by atoms with Gasteiger partial charge in [-0.3, -0.25) is 4.79 Å². The van der Waals surface area contributed by atoms with Crippen molar-refractivity contribution < 1.29 is 19.0 Å². The summed E-state index contributed by atoms with van der Waals surface area (Å²) >= 11 is 0. The van der Waals surface area contributed by atoms with Gasteiger partial charge in [-0.15, -0.1) is 0 Å². The van der Waals surface area contributed by atoms with Crippen molar-refractivity contribution in [1.29, 1.82) is 0 Å². The van der Waals surface area contributed by atoms with Gasteiger partial charge in [0, 0.05) is 20.0 Å². The monoisotopic (exact) mass is 188 g/mol. The van der Waals surface area contributed by atoms with Crippen LogP contribution in [0.25, 0.3) is 0 Å². The van der Waals surface area contributed by atoms with Crippen LogP contribution in [0.3, 0.4) is 0 Å². The van der Waals surface area contributed by atoms with E-state index < -0.39 is 0 Å². The highest BCUT2D eigenvalue weighted by Crippen LogP contribution is 2.17. The first kappa shape index (κ1) is 10.6. The van der Waals surface area contributed by atoms with Gasteiger partial charge in [0.05, 0.1) is 32.5 Å². The first-order chi connectivity index (χ1) is 6.33. The van der Waals surface area contributed by atoms with Gasteiger partial charge in [-0.05, 0) is 0 Å². The molecule has 0 spiro atoms. The SMILES string of the molecule is COCCOCCOC1CC(=O)C1. The van der Waals surface area contributed by atoms with Gasteiger partial charge in [-0.1, -0.05) is 0 Å². The Morgan fingerprint density at radius 2 is 1.92 bits per heavy atom. The van der Waals surface area contributed by atoms with Gasteiger partial charge < -0.3 is 14.2 Å². The molecule has 1 rings (SSSR count). The van der Waals surface area contributed by atoms with Crippen molar-refractivity contribution >= 4 is 5.78 Å². The Labute approximate surface area is 78.2 Å². The standard InChI is InChI=1S/C9H16O4/c1-11-2-3-12-4-5-13-9-6-8(10)7-9/h9H,2-7H2,1H3. The molecule has 1 aliphatic rings. The highest BCUT2D eigenvalue weighted by Gasteiger charge is 2.26. The fraction of sp³-hybridized carbons (Fsp3) is 0.889. The topological polar surface area (TPSA) is 44.8 Å². The fourth-order valence-corrected chi connectivity index (χ4v) is 1.08. The van der Waals surface area contributed by atoms with E-state index >= 15 is 0 Å². The molecule has 0 bridgehead atoms. The summed E-state index contributed by atoms with van der Waals surface area (Å²) in [4.78, 5) is 10.6. The van der Waals surface area contributed by atoms with Crippen LogP contribution in [0, 0.1) is 0 Å². The Morgan fingerprint density at radius 1 is 1.23 bits per heavy atom. The summed E-state index contributed by atoms with van der Waals surface area (Å²) < 4.78 is 15.3. The maximum absolute atomic E-state index is 10.6. The van der Waals surface area contributed by atoms with Crippen LogP contribution in [-0.2, 0) is 19.0 Å². The second-order valence-corrected chi connectivity index (χ2v) is 3.04. The van der Waals surface area contributed by atoms with Gasteiger partial charge in [0.15, 0.2) is 0 Å². The zero-order valence-electron chi connectivity index (χ0n) is 7.95. The van der Waals surface area contributed by atoms with E-state index in [-0.39, 0.29) is 6.10 Å². The lowest BCUT2D eigenvalue weighted by Crippen LogP contribution is -2.32. The number of ether oxygens (including phenoxy) is 3. The first-order valence-corrected chi connectivity index (χ1v) is 4.53. The van der Waals surface area contributed by atoms with Gasteiger partial charge in [0.2, 0.25) is 0 Å². The number of carbonyl (C=O) groups excluding carboxylic acids is 1. The summed E-state index contributed by atoms with van der Waals surface area (Å²) in [5, 5.41) is 0. The molecule has 0 aromatic rings. The molecule has 4 heteroatoms. The molecule has 0 amide bonds. The number of rotatable bonds is 7. The van der Waals surface area contributed by atoms with Crippen LogP contribution >= 0.6 is 0 Å². The minimum atomic E-state index is 0.151. The van der Waals surface area contributed by atoms with E-state index in [1.54, 1.807) is 7.11 Å². The van der Waals surface area contributed by atoms with Crippen LogP contribution in [-0.4, -0.2) is 45.4 Å². The van der Waals surface area contributed by atoms with E-state index in [0.717, 1.165) is 0 Å². The van der Waals surface area contributed by atoms with Crippen LogP contribution in [0.1, 0.15) is 12.8 Å². The quantitative estimate of drug-likeness (QED) is 0.542. The highest BCUT2D eigenvalue weighted by atomic mass is 16.5. The third-order valence-electron chi connectivity index (χ3n) is 1.92. The van der Waals surface area contributed by atoms with Crippen molar-refractivity contribution in [3.63, 3.8) is 0 Å². The third-order valence-corrected chi connectivity index (χ3v) is 1.92. The molecule has 0 aliphatic heterocycles. The van der Waals surface area contributed by atoms with Crippen LogP contribution in [0.4, 0.5) is 0 Å². The van der Waals surface area contributed by atoms with Crippen molar-refractivity contribution in [3.05, 3.63) is 0 Å². The predicted molar refractivity (Wildman–Crippen MR) is 46.7 cm³/mol. The Kier molecular flexibility index (Phi) is 4.97. The molecule has 0 radical (unpaired) electrons. The Morgan fingerprint density at radius 3 is 2.54 bits per heavy atom. The highest BCUT2D eigenvalue weighted by molar-refractivity contribution is 5.85. The predicted octanol–water partition coefficient (Wildman–Crippen LogP) is 0.397. The van der Waals surface area contributed by atoms with Crippen molar-refractivity contribution in [2.45, 2.75) is 18.9 Å². The van der Waals surface area contributed by atoms with Gasteiger partial charge in [0.25, 0.3) is 0 Å². The van der Waals surface area contributed by atoms with Crippen molar-refractivity contribution in [1.82, 2.24) is 0 Å². The lowest BCUT2D eigenvalue weighted by atomic mass is 9.94. The summed E-state index contributed by atoms with van der Waals surface area (Å²) in [6.07, 6.45) is 1.31. The molecule has 0 atom stereocenters. The molecule has 0 aromatic carbocycles. The summed E-state index contributed by atoms with van der Waals surface area (Å²) in [5.74, 6) is 0.297. The van der Waals surface area contributed by atoms with E-state index in [4.69, 9.17) is 14.2 Å². The molecule has 4 nitrogen and oxygen atoms in total.